The third kappa shape index (κ3) is 5.16. The number of amidine groups is 1. The Balaban J connectivity index is 1.60. The molecule has 0 aliphatic carbocycles. The van der Waals surface area contributed by atoms with Gasteiger partial charge in [-0.3, -0.25) is 9.79 Å². The molecule has 0 saturated heterocycles. The first kappa shape index (κ1) is 25.6. The minimum absolute atomic E-state index is 0.000866. The summed E-state index contributed by atoms with van der Waals surface area (Å²) in [5.74, 6) is -2.13. The first-order chi connectivity index (χ1) is 18.3. The normalized spacial score (nSPS) is 13.3. The molecule has 5 rings (SSSR count). The summed E-state index contributed by atoms with van der Waals surface area (Å²) in [4.78, 5) is 18.0. The maximum atomic E-state index is 15.4. The third-order valence-electron chi connectivity index (χ3n) is 6.74. The van der Waals surface area contributed by atoms with Gasteiger partial charge < -0.3 is 15.2 Å². The van der Waals surface area contributed by atoms with Crippen LogP contribution in [0.1, 0.15) is 59.8 Å². The van der Waals surface area contributed by atoms with Crippen molar-refractivity contribution in [3.63, 3.8) is 0 Å². The lowest BCUT2D eigenvalue weighted by Gasteiger charge is -2.16. The Kier molecular flexibility index (Phi) is 7.22. The molecule has 1 amide bonds. The number of hydrogen-bond donors (Lipinski definition) is 2. The highest BCUT2D eigenvalue weighted by Crippen LogP contribution is 2.35. The molecule has 0 unspecified atom stereocenters. The second kappa shape index (κ2) is 10.7. The molecule has 0 fully saturated rings. The maximum absolute atomic E-state index is 15.4. The van der Waals surface area contributed by atoms with Crippen LogP contribution in [0.25, 0.3) is 10.9 Å². The highest BCUT2D eigenvalue weighted by Gasteiger charge is 2.26. The first-order valence-corrected chi connectivity index (χ1v) is 12.7. The van der Waals surface area contributed by atoms with Gasteiger partial charge in [-0.15, -0.1) is 0 Å². The van der Waals surface area contributed by atoms with Gasteiger partial charge >= 0.3 is 0 Å². The van der Waals surface area contributed by atoms with Crippen molar-refractivity contribution in [1.82, 2.24) is 9.88 Å². The van der Waals surface area contributed by atoms with Crippen molar-refractivity contribution in [1.29, 1.82) is 0 Å². The minimum atomic E-state index is -0.979. The molecular weight excluding hydrogens is 489 g/mol. The molecule has 1 aliphatic heterocycles. The van der Waals surface area contributed by atoms with Crippen LogP contribution >= 0.6 is 0 Å². The second-order valence-electron chi connectivity index (χ2n) is 9.82. The van der Waals surface area contributed by atoms with Crippen LogP contribution in [0, 0.1) is 17.5 Å². The van der Waals surface area contributed by atoms with Crippen molar-refractivity contribution in [3.8, 4) is 0 Å². The fourth-order valence-electron chi connectivity index (χ4n) is 4.98. The zero-order chi connectivity index (χ0) is 26.8. The second-order valence-corrected chi connectivity index (χ2v) is 9.82. The molecular formula is C30H29F3N4O. The van der Waals surface area contributed by atoms with E-state index in [4.69, 9.17) is 0 Å². The molecule has 1 aliphatic rings. The number of aliphatic imine (C=N–C) groups is 1. The van der Waals surface area contributed by atoms with E-state index in [1.165, 1.54) is 12.1 Å². The molecule has 0 spiro atoms. The number of aromatic nitrogens is 1. The highest BCUT2D eigenvalue weighted by atomic mass is 19.2. The van der Waals surface area contributed by atoms with Crippen LogP contribution in [0.15, 0.2) is 65.7 Å². The summed E-state index contributed by atoms with van der Waals surface area (Å²) in [5.41, 5.74) is 3.64. The van der Waals surface area contributed by atoms with Crippen molar-refractivity contribution < 1.29 is 18.0 Å². The molecule has 4 aromatic rings. The fraction of sp³-hybridized carbons (Fsp3) is 0.267. The van der Waals surface area contributed by atoms with Gasteiger partial charge in [-0.25, -0.2) is 13.2 Å². The number of benzene rings is 3. The molecule has 5 nitrogen and oxygen atoms in total. The number of nitrogens with one attached hydrogen (secondary N) is 2. The van der Waals surface area contributed by atoms with E-state index in [9.17, 15) is 13.6 Å². The predicted molar refractivity (Wildman–Crippen MR) is 144 cm³/mol. The van der Waals surface area contributed by atoms with E-state index in [0.29, 0.717) is 28.7 Å². The zero-order valence-electron chi connectivity index (χ0n) is 21.3. The van der Waals surface area contributed by atoms with Crippen LogP contribution in [-0.2, 0) is 13.1 Å². The van der Waals surface area contributed by atoms with Gasteiger partial charge in [-0.2, -0.15) is 0 Å². The minimum Gasteiger partial charge on any atom is -0.348 e. The summed E-state index contributed by atoms with van der Waals surface area (Å²) in [7, 11) is 0. The standard InChI is InChI=1S/C30H29F3N4O/c1-18(2)29-28(30(38)35-16-20-10-11-22(31)23(32)13-20)21-14-24(33)25(36-27-9-6-12-34-27)15-26(21)37(29)17-19-7-4-3-5-8-19/h3-5,7-8,10-11,13-15,18H,6,9,12,16-17H2,1-2H3,(H,34,36)(H,35,38). The summed E-state index contributed by atoms with van der Waals surface area (Å²) in [6.45, 7) is 5.19. The number of amides is 1. The number of carbonyl (C=O) groups is 1. The summed E-state index contributed by atoms with van der Waals surface area (Å²) >= 11 is 0. The number of nitrogens with zero attached hydrogens (tertiary/aromatic N) is 2. The number of hydrogen-bond acceptors (Lipinski definition) is 3. The topological polar surface area (TPSA) is 58.4 Å². The van der Waals surface area contributed by atoms with E-state index in [-0.39, 0.29) is 12.5 Å². The van der Waals surface area contributed by atoms with Gasteiger partial charge in [-0.1, -0.05) is 50.2 Å². The molecule has 196 valence electrons. The number of rotatable bonds is 7. The summed E-state index contributed by atoms with van der Waals surface area (Å²) < 4.78 is 44.5. The Morgan fingerprint density at radius 3 is 2.45 bits per heavy atom. The Morgan fingerprint density at radius 1 is 0.974 bits per heavy atom. The number of carbonyl (C=O) groups excluding carboxylic acids is 1. The average Bonchev–Trinajstić information content (AvgIpc) is 3.52. The van der Waals surface area contributed by atoms with Crippen LogP contribution in [-0.4, -0.2) is 22.9 Å². The molecule has 3 aromatic carbocycles. The Labute approximate surface area is 219 Å². The van der Waals surface area contributed by atoms with Gasteiger partial charge in [-0.05, 0) is 47.7 Å². The molecule has 0 bridgehead atoms. The molecule has 2 N–H and O–H groups in total. The maximum Gasteiger partial charge on any atom is 0.254 e. The Morgan fingerprint density at radius 2 is 1.76 bits per heavy atom. The predicted octanol–water partition coefficient (Wildman–Crippen LogP) is 6.76. The van der Waals surface area contributed by atoms with Crippen LogP contribution in [0.3, 0.4) is 0 Å². The molecule has 0 saturated carbocycles. The van der Waals surface area contributed by atoms with Crippen molar-refractivity contribution in [3.05, 3.63) is 100 Å². The number of anilines is 1. The third-order valence-corrected chi connectivity index (χ3v) is 6.74. The van der Waals surface area contributed by atoms with E-state index in [0.717, 1.165) is 54.1 Å². The van der Waals surface area contributed by atoms with Gasteiger partial charge in [0.25, 0.3) is 5.91 Å². The van der Waals surface area contributed by atoms with Crippen molar-refractivity contribution in [2.24, 2.45) is 4.99 Å². The van der Waals surface area contributed by atoms with E-state index >= 15 is 4.39 Å². The summed E-state index contributed by atoms with van der Waals surface area (Å²) in [6.07, 6.45) is 1.69. The molecule has 8 heteroatoms. The largest absolute Gasteiger partial charge is 0.348 e. The van der Waals surface area contributed by atoms with Crippen molar-refractivity contribution in [2.75, 3.05) is 11.9 Å². The number of halogens is 3. The van der Waals surface area contributed by atoms with Crippen molar-refractivity contribution in [2.45, 2.75) is 45.7 Å². The molecule has 38 heavy (non-hydrogen) atoms. The van der Waals surface area contributed by atoms with E-state index in [1.807, 2.05) is 44.2 Å². The van der Waals surface area contributed by atoms with Gasteiger partial charge in [0.2, 0.25) is 0 Å². The quantitative estimate of drug-likeness (QED) is 0.284. The van der Waals surface area contributed by atoms with Gasteiger partial charge in [0.1, 0.15) is 11.7 Å². The monoisotopic (exact) mass is 518 g/mol. The van der Waals surface area contributed by atoms with E-state index in [1.54, 1.807) is 6.07 Å². The van der Waals surface area contributed by atoms with E-state index in [2.05, 4.69) is 20.2 Å². The first-order valence-electron chi connectivity index (χ1n) is 12.7. The van der Waals surface area contributed by atoms with Gasteiger partial charge in [0, 0.05) is 37.1 Å². The van der Waals surface area contributed by atoms with Crippen LogP contribution in [0.4, 0.5) is 18.9 Å². The Hall–Kier alpha value is -4.07. The molecule has 1 aromatic heterocycles. The van der Waals surface area contributed by atoms with Crippen molar-refractivity contribution >= 4 is 28.3 Å². The highest BCUT2D eigenvalue weighted by molar-refractivity contribution is 6.10. The fourth-order valence-corrected chi connectivity index (χ4v) is 4.98. The Bertz CT molecular complexity index is 1530. The molecule has 0 radical (unpaired) electrons. The number of fused-ring (bicyclic) bond motifs is 1. The van der Waals surface area contributed by atoms with Gasteiger partial charge in [0.15, 0.2) is 11.6 Å². The SMILES string of the molecule is CC(C)c1c(C(=O)NCc2ccc(F)c(F)c2)c2cc(F)c(NC3=NCCC3)cc2n1Cc1ccccc1. The molecule has 2 heterocycles. The lowest BCUT2D eigenvalue weighted by Crippen LogP contribution is -2.24. The summed E-state index contributed by atoms with van der Waals surface area (Å²) in [5, 5.41) is 6.44. The van der Waals surface area contributed by atoms with Gasteiger partial charge in [0.05, 0.1) is 16.8 Å². The average molecular weight is 519 g/mol. The smallest absolute Gasteiger partial charge is 0.254 e. The lowest BCUT2D eigenvalue weighted by atomic mass is 10.0. The molecule has 0 atom stereocenters. The van der Waals surface area contributed by atoms with Crippen LogP contribution in [0.5, 0.6) is 0 Å². The van der Waals surface area contributed by atoms with Crippen LogP contribution in [0.2, 0.25) is 0 Å². The lowest BCUT2D eigenvalue weighted by molar-refractivity contribution is 0.0951. The van der Waals surface area contributed by atoms with Crippen LogP contribution < -0.4 is 10.6 Å². The summed E-state index contributed by atoms with van der Waals surface area (Å²) in [6, 6.07) is 16.5. The van der Waals surface area contributed by atoms with E-state index < -0.39 is 23.4 Å². The zero-order valence-corrected chi connectivity index (χ0v) is 21.3.